The van der Waals surface area contributed by atoms with E-state index in [1.807, 2.05) is 0 Å². The van der Waals surface area contributed by atoms with Crippen LogP contribution in [0.4, 0.5) is 13.2 Å². The number of carbonyl (C=O) groups is 1. The molecule has 0 bridgehead atoms. The molecular weight excluding hydrogens is 249 g/mol. The first kappa shape index (κ1) is 14.5. The molecule has 1 aromatic rings. The molecule has 1 aromatic carbocycles. The van der Waals surface area contributed by atoms with Crippen LogP contribution in [0.5, 0.6) is 0 Å². The third-order valence-corrected chi connectivity index (χ3v) is 2.57. The first-order valence-electron chi connectivity index (χ1n) is 5.14. The van der Waals surface area contributed by atoms with E-state index in [2.05, 4.69) is 4.74 Å². The molecule has 0 radical (unpaired) electrons. The topological polar surface area (TPSA) is 35.5 Å². The predicted octanol–water partition coefficient (Wildman–Crippen LogP) is 2.65. The number of hydrogen-bond donors (Lipinski definition) is 0. The Morgan fingerprint density at radius 1 is 1.22 bits per heavy atom. The fourth-order valence-corrected chi connectivity index (χ4v) is 1.35. The fraction of sp³-hybridized carbons (Fsp3) is 0.417. The highest BCUT2D eigenvalue weighted by molar-refractivity contribution is 5.70. The average Bonchev–Trinajstić information content (AvgIpc) is 2.35. The van der Waals surface area contributed by atoms with Crippen molar-refractivity contribution in [3.63, 3.8) is 0 Å². The molecule has 0 fully saturated rings. The summed E-state index contributed by atoms with van der Waals surface area (Å²) in [5, 5.41) is 0. The van der Waals surface area contributed by atoms with Crippen LogP contribution in [0.15, 0.2) is 30.3 Å². The molecule has 0 aromatic heterocycles. The van der Waals surface area contributed by atoms with E-state index in [9.17, 15) is 18.0 Å². The Labute approximate surface area is 103 Å². The predicted molar refractivity (Wildman–Crippen MR) is 57.8 cm³/mol. The molecule has 1 unspecified atom stereocenters. The van der Waals surface area contributed by atoms with Crippen molar-refractivity contribution in [3.05, 3.63) is 35.9 Å². The van der Waals surface area contributed by atoms with Crippen LogP contribution in [0.3, 0.4) is 0 Å². The molecule has 0 heterocycles. The van der Waals surface area contributed by atoms with Crippen LogP contribution in [0.25, 0.3) is 0 Å². The van der Waals surface area contributed by atoms with Gasteiger partial charge in [-0.05, 0) is 12.5 Å². The molecule has 18 heavy (non-hydrogen) atoms. The van der Waals surface area contributed by atoms with Gasteiger partial charge in [0.15, 0.2) is 5.60 Å². The maximum atomic E-state index is 13.1. The fourth-order valence-electron chi connectivity index (χ4n) is 1.35. The highest BCUT2D eigenvalue weighted by Gasteiger charge is 2.54. The number of alkyl halides is 3. The summed E-state index contributed by atoms with van der Waals surface area (Å²) in [5.74, 6) is -0.860. The number of methoxy groups -OCH3 is 1. The molecule has 0 saturated carbocycles. The van der Waals surface area contributed by atoms with Gasteiger partial charge in [-0.2, -0.15) is 13.2 Å². The highest BCUT2D eigenvalue weighted by atomic mass is 19.4. The summed E-state index contributed by atoms with van der Waals surface area (Å²) in [7, 11) is 1.08. The lowest BCUT2D eigenvalue weighted by atomic mass is 9.95. The summed E-state index contributed by atoms with van der Waals surface area (Å²) >= 11 is 0. The lowest BCUT2D eigenvalue weighted by Crippen LogP contribution is -2.43. The summed E-state index contributed by atoms with van der Waals surface area (Å²) in [6, 6.07) is 7.14. The molecule has 0 saturated heterocycles. The Bertz CT molecular complexity index is 403. The van der Waals surface area contributed by atoms with Crippen molar-refractivity contribution in [3.8, 4) is 0 Å². The maximum Gasteiger partial charge on any atom is 0.421 e. The van der Waals surface area contributed by atoms with Gasteiger partial charge in [-0.1, -0.05) is 30.3 Å². The Morgan fingerprint density at radius 3 is 2.22 bits per heavy atom. The average molecular weight is 262 g/mol. The van der Waals surface area contributed by atoms with E-state index in [0.717, 1.165) is 14.0 Å². The van der Waals surface area contributed by atoms with Gasteiger partial charge in [0, 0.05) is 0 Å². The lowest BCUT2D eigenvalue weighted by Gasteiger charge is -2.32. The number of esters is 1. The van der Waals surface area contributed by atoms with Crippen LogP contribution in [0.1, 0.15) is 12.5 Å². The zero-order valence-corrected chi connectivity index (χ0v) is 9.95. The number of hydrogen-bond acceptors (Lipinski definition) is 3. The minimum atomic E-state index is -4.64. The molecule has 1 rings (SSSR count). The quantitative estimate of drug-likeness (QED) is 0.782. The monoisotopic (exact) mass is 262 g/mol. The number of halogens is 3. The number of carbonyl (C=O) groups excluding carboxylic acids is 1. The minimum Gasteiger partial charge on any atom is -0.467 e. The largest absolute Gasteiger partial charge is 0.467 e. The number of ether oxygens (including phenoxy) is 2. The summed E-state index contributed by atoms with van der Waals surface area (Å²) in [6.07, 6.45) is -4.64. The van der Waals surface area contributed by atoms with Crippen molar-refractivity contribution < 1.29 is 27.4 Å². The van der Waals surface area contributed by atoms with Crippen molar-refractivity contribution >= 4 is 5.97 Å². The third-order valence-electron chi connectivity index (χ3n) is 2.57. The second-order valence-electron chi connectivity index (χ2n) is 3.76. The molecule has 0 aliphatic rings. The lowest BCUT2D eigenvalue weighted by molar-refractivity contribution is -0.277. The molecule has 100 valence electrons. The van der Waals surface area contributed by atoms with Crippen LogP contribution in [-0.4, -0.2) is 25.9 Å². The first-order valence-corrected chi connectivity index (χ1v) is 5.14. The van der Waals surface area contributed by atoms with E-state index >= 15 is 0 Å². The standard InChI is InChI=1S/C12H13F3O3/c1-11(12(13,14)15,18-8-10(16)17-2)9-6-4-3-5-7-9/h3-7H,8H2,1-2H3. The van der Waals surface area contributed by atoms with Gasteiger partial charge in [0.05, 0.1) is 7.11 Å². The van der Waals surface area contributed by atoms with Gasteiger partial charge in [0.25, 0.3) is 0 Å². The number of benzene rings is 1. The third kappa shape index (κ3) is 3.01. The van der Waals surface area contributed by atoms with Crippen molar-refractivity contribution in [1.82, 2.24) is 0 Å². The van der Waals surface area contributed by atoms with Gasteiger partial charge in [-0.15, -0.1) is 0 Å². The second kappa shape index (κ2) is 5.39. The summed E-state index contributed by atoms with van der Waals surface area (Å²) in [4.78, 5) is 10.9. The van der Waals surface area contributed by atoms with E-state index < -0.39 is 24.4 Å². The minimum absolute atomic E-state index is 0.0681. The van der Waals surface area contributed by atoms with Crippen LogP contribution in [0, 0.1) is 0 Å². The summed E-state index contributed by atoms with van der Waals surface area (Å²) in [6.45, 7) is 0.118. The Hall–Kier alpha value is -1.56. The SMILES string of the molecule is COC(=O)COC(C)(c1ccccc1)C(F)(F)F. The van der Waals surface area contributed by atoms with Gasteiger partial charge in [-0.3, -0.25) is 0 Å². The van der Waals surface area contributed by atoms with E-state index in [-0.39, 0.29) is 5.56 Å². The van der Waals surface area contributed by atoms with Crippen LogP contribution in [-0.2, 0) is 19.9 Å². The van der Waals surface area contributed by atoms with Gasteiger partial charge < -0.3 is 9.47 Å². The van der Waals surface area contributed by atoms with Crippen molar-refractivity contribution in [2.45, 2.75) is 18.7 Å². The smallest absolute Gasteiger partial charge is 0.421 e. The van der Waals surface area contributed by atoms with Crippen molar-refractivity contribution in [2.75, 3.05) is 13.7 Å². The van der Waals surface area contributed by atoms with E-state index in [0.29, 0.717) is 0 Å². The molecule has 0 N–H and O–H groups in total. The van der Waals surface area contributed by atoms with E-state index in [1.54, 1.807) is 6.07 Å². The normalized spacial score (nSPS) is 14.9. The van der Waals surface area contributed by atoms with Crippen molar-refractivity contribution in [1.29, 1.82) is 0 Å². The molecule has 1 atom stereocenters. The van der Waals surface area contributed by atoms with Gasteiger partial charge in [0.1, 0.15) is 6.61 Å². The van der Waals surface area contributed by atoms with Gasteiger partial charge in [0.2, 0.25) is 0 Å². The number of rotatable bonds is 4. The molecule has 0 aliphatic carbocycles. The molecule has 3 nitrogen and oxygen atoms in total. The van der Waals surface area contributed by atoms with E-state index in [1.165, 1.54) is 24.3 Å². The molecule has 0 amide bonds. The van der Waals surface area contributed by atoms with Crippen molar-refractivity contribution in [2.24, 2.45) is 0 Å². The Balaban J connectivity index is 3.01. The van der Waals surface area contributed by atoms with Gasteiger partial charge in [-0.25, -0.2) is 4.79 Å². The van der Waals surface area contributed by atoms with Crippen LogP contribution < -0.4 is 0 Å². The van der Waals surface area contributed by atoms with Crippen LogP contribution >= 0.6 is 0 Å². The molecule has 0 spiro atoms. The van der Waals surface area contributed by atoms with Crippen LogP contribution in [0.2, 0.25) is 0 Å². The highest BCUT2D eigenvalue weighted by Crippen LogP contribution is 2.41. The zero-order chi connectivity index (χ0) is 13.8. The van der Waals surface area contributed by atoms with Gasteiger partial charge >= 0.3 is 12.1 Å². The zero-order valence-electron chi connectivity index (χ0n) is 9.95. The summed E-state index contributed by atoms with van der Waals surface area (Å²) in [5.41, 5.74) is -2.61. The summed E-state index contributed by atoms with van der Waals surface area (Å²) < 4.78 is 48.2. The molecular formula is C12H13F3O3. The second-order valence-corrected chi connectivity index (χ2v) is 3.76. The molecule has 6 heteroatoms. The maximum absolute atomic E-state index is 13.1. The molecule has 0 aliphatic heterocycles. The Kier molecular flexibility index (Phi) is 4.34. The van der Waals surface area contributed by atoms with E-state index in [4.69, 9.17) is 4.74 Å². The Morgan fingerprint density at radius 2 is 1.78 bits per heavy atom. The first-order chi connectivity index (χ1) is 8.31.